The fourth-order valence-electron chi connectivity index (χ4n) is 1.71. The number of aliphatic carboxylic acids is 1. The summed E-state index contributed by atoms with van der Waals surface area (Å²) in [5.41, 5.74) is -0.558. The number of carboxylic acids is 1. The maximum atomic E-state index is 12.0. The Balaban J connectivity index is 2.61. The van der Waals surface area contributed by atoms with E-state index in [-0.39, 0.29) is 19.0 Å². The van der Waals surface area contributed by atoms with Crippen LogP contribution < -0.4 is 0 Å². The third-order valence-electron chi connectivity index (χ3n) is 2.54. The smallest absolute Gasteiger partial charge is 0.410 e. The van der Waals surface area contributed by atoms with Gasteiger partial charge in [0.15, 0.2) is 0 Å². The van der Waals surface area contributed by atoms with Crippen molar-refractivity contribution in [2.24, 2.45) is 0 Å². The van der Waals surface area contributed by atoms with Crippen LogP contribution in [-0.2, 0) is 14.3 Å². The predicted octanol–water partition coefficient (Wildman–Crippen LogP) is 1.49. The zero-order chi connectivity index (χ0) is 13.9. The maximum Gasteiger partial charge on any atom is 0.410 e. The summed E-state index contributed by atoms with van der Waals surface area (Å²) in [6.07, 6.45) is -0.994. The number of carboxylic acid groups (broad SMARTS) is 1. The van der Waals surface area contributed by atoms with Crippen LogP contribution in [0.5, 0.6) is 0 Å². The Labute approximate surface area is 107 Å². The Morgan fingerprint density at radius 3 is 2.56 bits per heavy atom. The summed E-state index contributed by atoms with van der Waals surface area (Å²) in [5.74, 6) is -0.932. The number of nitrogens with zero attached hydrogens (tertiary/aromatic N) is 1. The van der Waals surface area contributed by atoms with Crippen LogP contribution in [0.4, 0.5) is 4.79 Å². The number of rotatable bonds is 2. The molecule has 0 bridgehead atoms. The van der Waals surface area contributed by atoms with Gasteiger partial charge in [0.05, 0.1) is 31.7 Å². The standard InChI is InChI=1S/C12H21NO5/c1-8-7-17-9(5-10(14)15)6-13(8)11(16)18-12(2,3)4/h8-9H,5-7H2,1-4H3,(H,14,15)/t8-,9+/m1/s1. The lowest BCUT2D eigenvalue weighted by Gasteiger charge is -2.38. The minimum Gasteiger partial charge on any atom is -0.481 e. The van der Waals surface area contributed by atoms with Gasteiger partial charge in [0, 0.05) is 0 Å². The lowest BCUT2D eigenvalue weighted by Crippen LogP contribution is -2.52. The lowest BCUT2D eigenvalue weighted by molar-refractivity contribution is -0.143. The van der Waals surface area contributed by atoms with E-state index in [1.165, 1.54) is 4.90 Å². The first-order valence-electron chi connectivity index (χ1n) is 6.02. The molecule has 0 spiro atoms. The van der Waals surface area contributed by atoms with Crippen LogP contribution >= 0.6 is 0 Å². The van der Waals surface area contributed by atoms with E-state index in [0.717, 1.165) is 0 Å². The van der Waals surface area contributed by atoms with E-state index < -0.39 is 23.8 Å². The molecular weight excluding hydrogens is 238 g/mol. The van der Waals surface area contributed by atoms with Crippen LogP contribution in [0.2, 0.25) is 0 Å². The quantitative estimate of drug-likeness (QED) is 0.813. The summed E-state index contributed by atoms with van der Waals surface area (Å²) < 4.78 is 10.7. The van der Waals surface area contributed by atoms with E-state index in [0.29, 0.717) is 6.61 Å². The van der Waals surface area contributed by atoms with Gasteiger partial charge in [-0.1, -0.05) is 0 Å². The molecule has 0 unspecified atom stereocenters. The average molecular weight is 259 g/mol. The van der Waals surface area contributed by atoms with Gasteiger partial charge in [-0.15, -0.1) is 0 Å². The van der Waals surface area contributed by atoms with Crippen LogP contribution in [0.25, 0.3) is 0 Å². The van der Waals surface area contributed by atoms with Gasteiger partial charge >= 0.3 is 12.1 Å². The second kappa shape index (κ2) is 5.56. The maximum absolute atomic E-state index is 12.0. The fourth-order valence-corrected chi connectivity index (χ4v) is 1.71. The summed E-state index contributed by atoms with van der Waals surface area (Å²) >= 11 is 0. The van der Waals surface area contributed by atoms with Crippen LogP contribution in [0, 0.1) is 0 Å². The highest BCUT2D eigenvalue weighted by Crippen LogP contribution is 2.18. The Hall–Kier alpha value is -1.30. The monoisotopic (exact) mass is 259 g/mol. The van der Waals surface area contributed by atoms with Crippen molar-refractivity contribution in [1.29, 1.82) is 0 Å². The van der Waals surface area contributed by atoms with Gasteiger partial charge in [-0.25, -0.2) is 4.79 Å². The molecule has 1 aliphatic heterocycles. The van der Waals surface area contributed by atoms with Gasteiger partial charge in [-0.05, 0) is 27.7 Å². The number of amides is 1. The predicted molar refractivity (Wildman–Crippen MR) is 64.4 cm³/mol. The summed E-state index contributed by atoms with van der Waals surface area (Å²) in [7, 11) is 0. The highest BCUT2D eigenvalue weighted by Gasteiger charge is 2.33. The number of hydrogen-bond donors (Lipinski definition) is 1. The van der Waals surface area contributed by atoms with Crippen molar-refractivity contribution in [2.75, 3.05) is 13.2 Å². The second-order valence-electron chi connectivity index (χ2n) is 5.53. The van der Waals surface area contributed by atoms with Crippen molar-refractivity contribution in [3.63, 3.8) is 0 Å². The molecule has 1 N–H and O–H groups in total. The molecule has 2 atom stereocenters. The minimum absolute atomic E-state index is 0.105. The van der Waals surface area contributed by atoms with Gasteiger partial charge in [-0.2, -0.15) is 0 Å². The molecule has 0 aliphatic carbocycles. The van der Waals surface area contributed by atoms with Crippen molar-refractivity contribution >= 4 is 12.1 Å². The Kier molecular flexibility index (Phi) is 4.56. The molecule has 6 nitrogen and oxygen atoms in total. The summed E-state index contributed by atoms with van der Waals surface area (Å²) in [6.45, 7) is 7.82. The normalized spacial score (nSPS) is 24.8. The van der Waals surface area contributed by atoms with E-state index in [2.05, 4.69) is 0 Å². The summed E-state index contributed by atoms with van der Waals surface area (Å²) in [4.78, 5) is 24.1. The molecular formula is C12H21NO5. The first-order chi connectivity index (χ1) is 8.19. The summed E-state index contributed by atoms with van der Waals surface area (Å²) in [5, 5.41) is 8.73. The van der Waals surface area contributed by atoms with Gasteiger partial charge in [-0.3, -0.25) is 4.79 Å². The average Bonchev–Trinajstić information content (AvgIpc) is 2.17. The largest absolute Gasteiger partial charge is 0.481 e. The topological polar surface area (TPSA) is 76.1 Å². The fraction of sp³-hybridized carbons (Fsp3) is 0.833. The number of carbonyl (C=O) groups excluding carboxylic acids is 1. The third-order valence-corrected chi connectivity index (χ3v) is 2.54. The Bertz CT molecular complexity index is 323. The highest BCUT2D eigenvalue weighted by atomic mass is 16.6. The summed E-state index contributed by atoms with van der Waals surface area (Å²) in [6, 6.07) is -0.107. The van der Waals surface area contributed by atoms with Crippen LogP contribution in [0.3, 0.4) is 0 Å². The molecule has 0 radical (unpaired) electrons. The van der Waals surface area contributed by atoms with Crippen molar-refractivity contribution in [3.05, 3.63) is 0 Å². The van der Waals surface area contributed by atoms with Gasteiger partial charge in [0.25, 0.3) is 0 Å². The third kappa shape index (κ3) is 4.52. The zero-order valence-electron chi connectivity index (χ0n) is 11.3. The highest BCUT2D eigenvalue weighted by molar-refractivity contribution is 5.70. The van der Waals surface area contributed by atoms with Crippen molar-refractivity contribution < 1.29 is 24.2 Å². The first kappa shape index (κ1) is 14.8. The zero-order valence-corrected chi connectivity index (χ0v) is 11.3. The minimum atomic E-state index is -0.932. The molecule has 1 amide bonds. The molecule has 18 heavy (non-hydrogen) atoms. The van der Waals surface area contributed by atoms with E-state index in [1.54, 1.807) is 20.8 Å². The molecule has 1 heterocycles. The van der Waals surface area contributed by atoms with E-state index in [9.17, 15) is 9.59 Å². The molecule has 0 saturated carbocycles. The Morgan fingerprint density at radius 1 is 1.44 bits per heavy atom. The lowest BCUT2D eigenvalue weighted by atomic mass is 10.1. The van der Waals surface area contributed by atoms with E-state index in [1.807, 2.05) is 6.92 Å². The second-order valence-corrected chi connectivity index (χ2v) is 5.53. The van der Waals surface area contributed by atoms with Gasteiger partial charge < -0.3 is 19.5 Å². The van der Waals surface area contributed by atoms with Crippen molar-refractivity contribution in [1.82, 2.24) is 4.90 Å². The van der Waals surface area contributed by atoms with Crippen LogP contribution in [0.1, 0.15) is 34.1 Å². The molecule has 1 rings (SSSR count). The van der Waals surface area contributed by atoms with Crippen molar-refractivity contribution in [2.45, 2.75) is 51.9 Å². The van der Waals surface area contributed by atoms with Crippen LogP contribution in [-0.4, -0.2) is 53.0 Å². The SMILES string of the molecule is C[C@@H]1CO[C@@H](CC(=O)O)CN1C(=O)OC(C)(C)C. The molecule has 1 aliphatic rings. The molecule has 0 aromatic rings. The Morgan fingerprint density at radius 2 is 2.06 bits per heavy atom. The number of hydrogen-bond acceptors (Lipinski definition) is 4. The number of ether oxygens (including phenoxy) is 2. The molecule has 0 aromatic heterocycles. The van der Waals surface area contributed by atoms with Crippen molar-refractivity contribution in [3.8, 4) is 0 Å². The number of morpholine rings is 1. The van der Waals surface area contributed by atoms with Gasteiger partial charge in [0.1, 0.15) is 5.60 Å². The molecule has 0 aromatic carbocycles. The molecule has 1 fully saturated rings. The van der Waals surface area contributed by atoms with E-state index in [4.69, 9.17) is 14.6 Å². The molecule has 104 valence electrons. The molecule has 1 saturated heterocycles. The first-order valence-corrected chi connectivity index (χ1v) is 6.02. The van der Waals surface area contributed by atoms with Crippen LogP contribution in [0.15, 0.2) is 0 Å². The van der Waals surface area contributed by atoms with Gasteiger partial charge in [0.2, 0.25) is 0 Å². The van der Waals surface area contributed by atoms with E-state index >= 15 is 0 Å². The number of carbonyl (C=O) groups is 2. The molecule has 6 heteroatoms.